The molecule has 0 fully saturated rings. The molecule has 0 saturated carbocycles. The number of aromatic carboxylic acids is 1. The number of carboxylic acid groups (broad SMARTS) is 1. The number of fused-ring (bicyclic) bond motifs is 1. The molecule has 0 aliphatic rings. The van der Waals surface area contributed by atoms with Crippen LogP contribution in [0, 0.1) is 0 Å². The van der Waals surface area contributed by atoms with Gasteiger partial charge in [0.1, 0.15) is 5.60 Å². The summed E-state index contributed by atoms with van der Waals surface area (Å²) in [5, 5.41) is 10.2. The van der Waals surface area contributed by atoms with Crippen molar-refractivity contribution >= 4 is 22.8 Å². The first-order chi connectivity index (χ1) is 14.2. The van der Waals surface area contributed by atoms with Crippen LogP contribution in [0.4, 0.5) is 0 Å². The van der Waals surface area contributed by atoms with Crippen LogP contribution in [-0.4, -0.2) is 27.6 Å². The fourth-order valence-corrected chi connectivity index (χ4v) is 3.35. The lowest BCUT2D eigenvalue weighted by atomic mass is 9.98. The summed E-state index contributed by atoms with van der Waals surface area (Å²) in [4.78, 5) is 28.1. The average Bonchev–Trinajstić information content (AvgIpc) is 2.69. The zero-order chi connectivity index (χ0) is 21.7. The van der Waals surface area contributed by atoms with Crippen LogP contribution < -0.4 is 0 Å². The summed E-state index contributed by atoms with van der Waals surface area (Å²) in [7, 11) is 0. The molecule has 0 radical (unpaired) electrons. The first kappa shape index (κ1) is 21.5. The molecule has 0 spiro atoms. The van der Waals surface area contributed by atoms with E-state index >= 15 is 0 Å². The van der Waals surface area contributed by atoms with Gasteiger partial charge in [-0.05, 0) is 63.8 Å². The average molecular weight is 405 g/mol. The minimum Gasteiger partial charge on any atom is -0.478 e. The van der Waals surface area contributed by atoms with E-state index in [1.807, 2.05) is 51.1 Å². The standard InChI is InChI=1S/C25H27NO4/c1-25(2,3)30-23(27)12-8-7-11-21-20(17-9-5-4-6-10-17)15-18-13-14-19(24(28)29)16-22(18)26-21/h4-6,9-10,13-16H,7-8,11-12H2,1-3H3,(H,28,29). The van der Waals surface area contributed by atoms with Crippen molar-refractivity contribution < 1.29 is 19.4 Å². The Morgan fingerprint density at radius 1 is 1.00 bits per heavy atom. The van der Waals surface area contributed by atoms with Crippen molar-refractivity contribution in [2.45, 2.75) is 52.1 Å². The predicted molar refractivity (Wildman–Crippen MR) is 118 cm³/mol. The van der Waals surface area contributed by atoms with Gasteiger partial charge in [0.15, 0.2) is 0 Å². The molecule has 1 aromatic heterocycles. The number of esters is 1. The first-order valence-electron chi connectivity index (χ1n) is 10.2. The highest BCUT2D eigenvalue weighted by Crippen LogP contribution is 2.28. The first-order valence-corrected chi connectivity index (χ1v) is 10.2. The Hall–Kier alpha value is -3.21. The number of carbonyl (C=O) groups excluding carboxylic acids is 1. The fraction of sp³-hybridized carbons (Fsp3) is 0.320. The molecule has 0 atom stereocenters. The number of nitrogens with zero attached hydrogens (tertiary/aromatic N) is 1. The monoisotopic (exact) mass is 405 g/mol. The molecule has 5 heteroatoms. The number of aryl methyl sites for hydroxylation is 1. The number of carbonyl (C=O) groups is 2. The van der Waals surface area contributed by atoms with E-state index in [0.29, 0.717) is 24.8 Å². The third kappa shape index (κ3) is 5.66. The lowest BCUT2D eigenvalue weighted by molar-refractivity contribution is -0.154. The second-order valence-electron chi connectivity index (χ2n) is 8.35. The van der Waals surface area contributed by atoms with Gasteiger partial charge in [-0.25, -0.2) is 4.79 Å². The second kappa shape index (κ2) is 9.08. The number of hydrogen-bond donors (Lipinski definition) is 1. The highest BCUT2D eigenvalue weighted by molar-refractivity contribution is 5.94. The minimum absolute atomic E-state index is 0.191. The molecule has 0 aliphatic heterocycles. The minimum atomic E-state index is -0.968. The molecule has 30 heavy (non-hydrogen) atoms. The van der Waals surface area contributed by atoms with Gasteiger partial charge in [0, 0.05) is 23.1 Å². The third-order valence-electron chi connectivity index (χ3n) is 4.69. The van der Waals surface area contributed by atoms with Gasteiger partial charge in [-0.2, -0.15) is 0 Å². The molecule has 156 valence electrons. The topological polar surface area (TPSA) is 76.5 Å². The largest absolute Gasteiger partial charge is 0.478 e. The van der Waals surface area contributed by atoms with Crippen molar-refractivity contribution in [2.24, 2.45) is 0 Å². The molecular formula is C25H27NO4. The normalized spacial score (nSPS) is 11.4. The van der Waals surface area contributed by atoms with Crippen molar-refractivity contribution in [3.05, 3.63) is 65.9 Å². The molecule has 5 nitrogen and oxygen atoms in total. The molecule has 3 aromatic rings. The summed E-state index contributed by atoms with van der Waals surface area (Å²) in [6.45, 7) is 5.59. The van der Waals surface area contributed by atoms with E-state index in [0.717, 1.165) is 28.6 Å². The van der Waals surface area contributed by atoms with E-state index in [4.69, 9.17) is 9.72 Å². The van der Waals surface area contributed by atoms with Crippen molar-refractivity contribution in [1.29, 1.82) is 0 Å². The van der Waals surface area contributed by atoms with Crippen LogP contribution in [0.15, 0.2) is 54.6 Å². The van der Waals surface area contributed by atoms with E-state index in [9.17, 15) is 14.7 Å². The summed E-state index contributed by atoms with van der Waals surface area (Å²) in [5.74, 6) is -1.16. The molecular weight excluding hydrogens is 378 g/mol. The Bertz CT molecular complexity index is 1050. The van der Waals surface area contributed by atoms with E-state index in [1.165, 1.54) is 0 Å². The Balaban J connectivity index is 1.83. The van der Waals surface area contributed by atoms with Crippen LogP contribution in [-0.2, 0) is 16.0 Å². The highest BCUT2D eigenvalue weighted by Gasteiger charge is 2.16. The SMILES string of the molecule is CC(C)(C)OC(=O)CCCCc1nc2cc(C(=O)O)ccc2cc1-c1ccccc1. The summed E-state index contributed by atoms with van der Waals surface area (Å²) in [6.07, 6.45) is 2.56. The number of carboxylic acids is 1. The second-order valence-corrected chi connectivity index (χ2v) is 8.35. The van der Waals surface area contributed by atoms with E-state index in [2.05, 4.69) is 6.07 Å². The Morgan fingerprint density at radius 3 is 2.40 bits per heavy atom. The maximum absolute atomic E-state index is 11.9. The number of ether oxygens (including phenoxy) is 1. The molecule has 0 aliphatic carbocycles. The van der Waals surface area contributed by atoms with Crippen LogP contribution in [0.3, 0.4) is 0 Å². The molecule has 0 amide bonds. The van der Waals surface area contributed by atoms with Gasteiger partial charge in [0.2, 0.25) is 0 Å². The van der Waals surface area contributed by atoms with E-state index in [-0.39, 0.29) is 11.5 Å². The number of hydrogen-bond acceptors (Lipinski definition) is 4. The molecule has 2 aromatic carbocycles. The summed E-state index contributed by atoms with van der Waals surface area (Å²) < 4.78 is 5.37. The summed E-state index contributed by atoms with van der Waals surface area (Å²) in [5.41, 5.74) is 3.41. The number of benzene rings is 2. The zero-order valence-electron chi connectivity index (χ0n) is 17.6. The summed E-state index contributed by atoms with van der Waals surface area (Å²) >= 11 is 0. The molecule has 1 heterocycles. The Kier molecular flexibility index (Phi) is 6.50. The Labute approximate surface area is 176 Å². The van der Waals surface area contributed by atoms with Crippen molar-refractivity contribution in [3.8, 4) is 11.1 Å². The molecule has 3 rings (SSSR count). The third-order valence-corrected chi connectivity index (χ3v) is 4.69. The number of unbranched alkanes of at least 4 members (excludes halogenated alkanes) is 1. The molecule has 0 bridgehead atoms. The summed E-state index contributed by atoms with van der Waals surface area (Å²) in [6, 6.07) is 17.1. The van der Waals surface area contributed by atoms with Crippen molar-refractivity contribution in [1.82, 2.24) is 4.98 Å². The van der Waals surface area contributed by atoms with Crippen LogP contribution >= 0.6 is 0 Å². The van der Waals surface area contributed by atoms with Gasteiger partial charge in [-0.1, -0.05) is 36.4 Å². The lowest BCUT2D eigenvalue weighted by Crippen LogP contribution is -2.23. The zero-order valence-corrected chi connectivity index (χ0v) is 17.6. The maximum atomic E-state index is 11.9. The number of pyridine rings is 1. The van der Waals surface area contributed by atoms with E-state index < -0.39 is 11.6 Å². The van der Waals surface area contributed by atoms with Gasteiger partial charge in [0.05, 0.1) is 11.1 Å². The smallest absolute Gasteiger partial charge is 0.335 e. The van der Waals surface area contributed by atoms with Crippen LogP contribution in [0.25, 0.3) is 22.0 Å². The van der Waals surface area contributed by atoms with Gasteiger partial charge in [-0.15, -0.1) is 0 Å². The highest BCUT2D eigenvalue weighted by atomic mass is 16.6. The molecule has 0 unspecified atom stereocenters. The fourth-order valence-electron chi connectivity index (χ4n) is 3.35. The lowest BCUT2D eigenvalue weighted by Gasteiger charge is -2.19. The van der Waals surface area contributed by atoms with Crippen LogP contribution in [0.1, 0.15) is 56.1 Å². The van der Waals surface area contributed by atoms with Gasteiger partial charge in [0.25, 0.3) is 0 Å². The Morgan fingerprint density at radius 2 is 1.73 bits per heavy atom. The van der Waals surface area contributed by atoms with Crippen molar-refractivity contribution in [3.63, 3.8) is 0 Å². The quantitative estimate of drug-likeness (QED) is 0.406. The van der Waals surface area contributed by atoms with E-state index in [1.54, 1.807) is 18.2 Å². The van der Waals surface area contributed by atoms with Gasteiger partial charge < -0.3 is 9.84 Å². The molecule has 1 N–H and O–H groups in total. The predicted octanol–water partition coefficient (Wildman–Crippen LogP) is 5.65. The van der Waals surface area contributed by atoms with Gasteiger partial charge in [-0.3, -0.25) is 9.78 Å². The van der Waals surface area contributed by atoms with Gasteiger partial charge >= 0.3 is 11.9 Å². The number of aromatic nitrogens is 1. The number of rotatable bonds is 7. The van der Waals surface area contributed by atoms with Crippen LogP contribution in [0.5, 0.6) is 0 Å². The maximum Gasteiger partial charge on any atom is 0.335 e. The molecule has 0 saturated heterocycles. The van der Waals surface area contributed by atoms with Crippen molar-refractivity contribution in [2.75, 3.05) is 0 Å². The van der Waals surface area contributed by atoms with Crippen LogP contribution in [0.2, 0.25) is 0 Å².